The van der Waals surface area contributed by atoms with E-state index in [0.29, 0.717) is 6.61 Å². The van der Waals surface area contributed by atoms with E-state index in [4.69, 9.17) is 4.74 Å². The molecule has 1 heterocycles. The number of imidazole rings is 1. The van der Waals surface area contributed by atoms with Gasteiger partial charge in [-0.15, -0.1) is 12.4 Å². The Morgan fingerprint density at radius 2 is 1.94 bits per heavy atom. The van der Waals surface area contributed by atoms with E-state index in [1.54, 1.807) is 6.33 Å². The van der Waals surface area contributed by atoms with Gasteiger partial charge in [0.15, 0.2) is 0 Å². The number of rotatable bonds is 3. The van der Waals surface area contributed by atoms with Crippen molar-refractivity contribution in [3.05, 3.63) is 36.8 Å². The van der Waals surface area contributed by atoms with Gasteiger partial charge in [-0.3, -0.25) is 0 Å². The lowest BCUT2D eigenvalue weighted by molar-refractivity contribution is 0.340. The van der Waals surface area contributed by atoms with Gasteiger partial charge in [0.05, 0.1) is 18.6 Å². The molecule has 2 rings (SSSR count). The average molecular weight is 239 g/mol. The van der Waals surface area contributed by atoms with E-state index in [2.05, 4.69) is 4.98 Å². The Hall–Kier alpha value is -1.48. The van der Waals surface area contributed by atoms with Gasteiger partial charge in [0.1, 0.15) is 5.75 Å². The molecule has 0 spiro atoms. The normalized spacial score (nSPS) is 9.62. The molecule has 0 aliphatic rings. The maximum absolute atomic E-state index is 5.38. The van der Waals surface area contributed by atoms with Crippen LogP contribution in [0.15, 0.2) is 36.8 Å². The molecular weight excluding hydrogens is 224 g/mol. The first kappa shape index (κ1) is 12.6. The van der Waals surface area contributed by atoms with Gasteiger partial charge >= 0.3 is 0 Å². The lowest BCUT2D eigenvalue weighted by Crippen LogP contribution is -1.90. The number of hydrogen-bond acceptors (Lipinski definition) is 2. The maximum atomic E-state index is 5.38. The summed E-state index contributed by atoms with van der Waals surface area (Å²) in [6, 6.07) is 7.97. The molecule has 1 aromatic carbocycles. The number of ether oxygens (including phenoxy) is 1. The van der Waals surface area contributed by atoms with Crippen molar-refractivity contribution in [1.29, 1.82) is 0 Å². The highest BCUT2D eigenvalue weighted by Crippen LogP contribution is 2.20. The largest absolute Gasteiger partial charge is 0.494 e. The Labute approximate surface area is 101 Å². The number of halogens is 1. The summed E-state index contributed by atoms with van der Waals surface area (Å²) >= 11 is 0. The standard InChI is InChI=1S/C12H14N2O.ClH/c1-3-15-11-6-4-10(5-7-11)12-8-14(2)9-13-12;/h4-9H,3H2,1-2H3;1H. The monoisotopic (exact) mass is 238 g/mol. The highest BCUT2D eigenvalue weighted by atomic mass is 35.5. The van der Waals surface area contributed by atoms with Crippen molar-refractivity contribution in [3.8, 4) is 17.0 Å². The number of hydrogen-bond donors (Lipinski definition) is 0. The van der Waals surface area contributed by atoms with Crippen LogP contribution in [-0.2, 0) is 7.05 Å². The topological polar surface area (TPSA) is 27.1 Å². The van der Waals surface area contributed by atoms with Gasteiger partial charge in [-0.05, 0) is 31.2 Å². The molecule has 0 saturated carbocycles. The van der Waals surface area contributed by atoms with Crippen LogP contribution in [0.25, 0.3) is 11.3 Å². The fourth-order valence-electron chi connectivity index (χ4n) is 1.45. The molecule has 2 aromatic rings. The molecule has 0 unspecified atom stereocenters. The minimum Gasteiger partial charge on any atom is -0.494 e. The Kier molecular flexibility index (Phi) is 4.38. The molecular formula is C12H15ClN2O. The van der Waals surface area contributed by atoms with E-state index >= 15 is 0 Å². The minimum atomic E-state index is 0. The van der Waals surface area contributed by atoms with Crippen molar-refractivity contribution in [1.82, 2.24) is 9.55 Å². The quantitative estimate of drug-likeness (QED) is 0.822. The average Bonchev–Trinajstić information content (AvgIpc) is 2.67. The summed E-state index contributed by atoms with van der Waals surface area (Å²) < 4.78 is 7.31. The van der Waals surface area contributed by atoms with Gasteiger partial charge < -0.3 is 9.30 Å². The highest BCUT2D eigenvalue weighted by molar-refractivity contribution is 5.85. The van der Waals surface area contributed by atoms with Crippen molar-refractivity contribution in [2.75, 3.05) is 6.61 Å². The van der Waals surface area contributed by atoms with Crippen LogP contribution < -0.4 is 4.74 Å². The maximum Gasteiger partial charge on any atom is 0.119 e. The molecule has 16 heavy (non-hydrogen) atoms. The fourth-order valence-corrected chi connectivity index (χ4v) is 1.45. The zero-order chi connectivity index (χ0) is 10.7. The van der Waals surface area contributed by atoms with Crippen LogP contribution >= 0.6 is 12.4 Å². The molecule has 0 saturated heterocycles. The summed E-state index contributed by atoms with van der Waals surface area (Å²) in [5.41, 5.74) is 2.10. The van der Waals surface area contributed by atoms with Crippen molar-refractivity contribution in [2.45, 2.75) is 6.92 Å². The summed E-state index contributed by atoms with van der Waals surface area (Å²) in [6.07, 6.45) is 3.79. The molecule has 0 bridgehead atoms. The van der Waals surface area contributed by atoms with Gasteiger partial charge in [-0.1, -0.05) is 0 Å². The third kappa shape index (κ3) is 2.76. The fraction of sp³-hybridized carbons (Fsp3) is 0.250. The summed E-state index contributed by atoms with van der Waals surface area (Å²) in [6.45, 7) is 2.68. The predicted molar refractivity (Wildman–Crippen MR) is 67.1 cm³/mol. The first-order valence-electron chi connectivity index (χ1n) is 5.01. The first-order valence-corrected chi connectivity index (χ1v) is 5.01. The molecule has 0 N–H and O–H groups in total. The number of benzene rings is 1. The van der Waals surface area contributed by atoms with Crippen LogP contribution in [0.5, 0.6) is 5.75 Å². The van der Waals surface area contributed by atoms with Crippen LogP contribution in [0, 0.1) is 0 Å². The van der Waals surface area contributed by atoms with Crippen LogP contribution in [0.2, 0.25) is 0 Å². The van der Waals surface area contributed by atoms with Crippen molar-refractivity contribution < 1.29 is 4.74 Å². The van der Waals surface area contributed by atoms with E-state index in [-0.39, 0.29) is 12.4 Å². The highest BCUT2D eigenvalue weighted by Gasteiger charge is 2.00. The number of nitrogens with zero attached hydrogens (tertiary/aromatic N) is 2. The van der Waals surface area contributed by atoms with Crippen molar-refractivity contribution in [2.24, 2.45) is 7.05 Å². The Balaban J connectivity index is 0.00000128. The second kappa shape index (κ2) is 5.56. The molecule has 0 fully saturated rings. The zero-order valence-electron chi connectivity index (χ0n) is 9.38. The molecule has 4 heteroatoms. The van der Waals surface area contributed by atoms with Crippen molar-refractivity contribution >= 4 is 12.4 Å². The van der Waals surface area contributed by atoms with Crippen LogP contribution in [0.1, 0.15) is 6.92 Å². The molecule has 1 aromatic heterocycles. The molecule has 86 valence electrons. The van der Waals surface area contributed by atoms with Crippen LogP contribution in [-0.4, -0.2) is 16.2 Å². The second-order valence-corrected chi connectivity index (χ2v) is 3.38. The third-order valence-corrected chi connectivity index (χ3v) is 2.17. The lowest BCUT2D eigenvalue weighted by Gasteiger charge is -2.02. The van der Waals surface area contributed by atoms with Gasteiger partial charge in [0.25, 0.3) is 0 Å². The predicted octanol–water partition coefficient (Wildman–Crippen LogP) is 2.91. The van der Waals surface area contributed by atoms with E-state index < -0.39 is 0 Å². The molecule has 0 amide bonds. The number of aryl methyl sites for hydroxylation is 1. The zero-order valence-corrected chi connectivity index (χ0v) is 10.2. The molecule has 0 radical (unpaired) electrons. The Morgan fingerprint density at radius 3 is 2.44 bits per heavy atom. The Morgan fingerprint density at radius 1 is 1.25 bits per heavy atom. The third-order valence-electron chi connectivity index (χ3n) is 2.17. The van der Waals surface area contributed by atoms with Crippen molar-refractivity contribution in [3.63, 3.8) is 0 Å². The summed E-state index contributed by atoms with van der Waals surface area (Å²) in [5.74, 6) is 0.900. The van der Waals surface area contributed by atoms with E-state index in [1.807, 2.05) is 49.0 Å². The van der Waals surface area contributed by atoms with Gasteiger partial charge in [0, 0.05) is 18.8 Å². The van der Waals surface area contributed by atoms with Crippen LogP contribution in [0.3, 0.4) is 0 Å². The molecule has 0 aliphatic heterocycles. The van der Waals surface area contributed by atoms with E-state index in [0.717, 1.165) is 17.0 Å². The Bertz CT molecular complexity index is 437. The first-order chi connectivity index (χ1) is 7.29. The van der Waals surface area contributed by atoms with Crippen LogP contribution in [0.4, 0.5) is 0 Å². The summed E-state index contributed by atoms with van der Waals surface area (Å²) in [5, 5.41) is 0. The minimum absolute atomic E-state index is 0. The second-order valence-electron chi connectivity index (χ2n) is 3.38. The molecule has 3 nitrogen and oxygen atoms in total. The number of aromatic nitrogens is 2. The van der Waals surface area contributed by atoms with E-state index in [1.165, 1.54) is 0 Å². The van der Waals surface area contributed by atoms with Gasteiger partial charge in [0.2, 0.25) is 0 Å². The van der Waals surface area contributed by atoms with Gasteiger partial charge in [-0.25, -0.2) is 4.98 Å². The molecule has 0 aliphatic carbocycles. The summed E-state index contributed by atoms with van der Waals surface area (Å²) in [4.78, 5) is 4.28. The molecule has 0 atom stereocenters. The van der Waals surface area contributed by atoms with E-state index in [9.17, 15) is 0 Å². The summed E-state index contributed by atoms with van der Waals surface area (Å²) in [7, 11) is 1.96. The SMILES string of the molecule is CCOc1ccc(-c2cn(C)cn2)cc1.Cl. The van der Waals surface area contributed by atoms with Gasteiger partial charge in [-0.2, -0.15) is 0 Å². The smallest absolute Gasteiger partial charge is 0.119 e. The lowest BCUT2D eigenvalue weighted by atomic mass is 10.2.